The fourth-order valence-corrected chi connectivity index (χ4v) is 5.07. The van der Waals surface area contributed by atoms with E-state index < -0.39 is 0 Å². The van der Waals surface area contributed by atoms with Crippen LogP contribution in [-0.2, 0) is 6.54 Å². The summed E-state index contributed by atoms with van der Waals surface area (Å²) in [7, 11) is 0. The molecule has 0 saturated carbocycles. The van der Waals surface area contributed by atoms with Crippen LogP contribution in [0.1, 0.15) is 15.2 Å². The first kappa shape index (κ1) is 20.9. The largest absolute Gasteiger partial charge is 0.336 e. The Morgan fingerprint density at radius 2 is 1.94 bits per heavy atom. The average molecular weight is 464 g/mol. The van der Waals surface area contributed by atoms with E-state index >= 15 is 0 Å². The van der Waals surface area contributed by atoms with Gasteiger partial charge in [0.2, 0.25) is 0 Å². The maximum absolute atomic E-state index is 12.9. The number of thiophene rings is 1. The highest BCUT2D eigenvalue weighted by Gasteiger charge is 2.23. The first-order valence-electron chi connectivity index (χ1n) is 10.5. The molecule has 32 heavy (non-hydrogen) atoms. The Morgan fingerprint density at radius 3 is 2.66 bits per heavy atom. The minimum atomic E-state index is 0.0358. The van der Waals surface area contributed by atoms with E-state index in [1.54, 1.807) is 30.1 Å². The summed E-state index contributed by atoms with van der Waals surface area (Å²) in [5, 5.41) is 0.754. The molecule has 0 N–H and O–H groups in total. The summed E-state index contributed by atoms with van der Waals surface area (Å²) in [4.78, 5) is 28.2. The van der Waals surface area contributed by atoms with Gasteiger partial charge in [-0.15, -0.1) is 11.3 Å². The van der Waals surface area contributed by atoms with E-state index in [9.17, 15) is 4.79 Å². The fourth-order valence-electron chi connectivity index (χ4n) is 3.83. The number of piperazine rings is 1. The molecule has 0 atom stereocenters. The average Bonchev–Trinajstić information content (AvgIpc) is 3.52. The lowest BCUT2D eigenvalue weighted by atomic mass is 10.2. The molecule has 1 amide bonds. The zero-order chi connectivity index (χ0) is 21.9. The predicted molar refractivity (Wildman–Crippen MR) is 127 cm³/mol. The van der Waals surface area contributed by atoms with Gasteiger partial charge in [-0.05, 0) is 42.0 Å². The zero-order valence-electron chi connectivity index (χ0n) is 17.4. The predicted octanol–water partition coefficient (Wildman–Crippen LogP) is 4.61. The molecule has 4 heterocycles. The van der Waals surface area contributed by atoms with Gasteiger partial charge in [-0.25, -0.2) is 9.97 Å². The SMILES string of the molecule is O=C(c1ccc(-n2ccnc2)nc1)N1CCN(Cc2ccc(-c3cccc(Cl)c3)s2)CC1. The minimum absolute atomic E-state index is 0.0358. The number of halogens is 1. The van der Waals surface area contributed by atoms with Gasteiger partial charge in [0.1, 0.15) is 12.1 Å². The Labute approximate surface area is 195 Å². The number of amides is 1. The zero-order valence-corrected chi connectivity index (χ0v) is 19.0. The highest BCUT2D eigenvalue weighted by atomic mass is 35.5. The molecule has 1 fully saturated rings. The van der Waals surface area contributed by atoms with Crippen LogP contribution in [0, 0.1) is 0 Å². The van der Waals surface area contributed by atoms with E-state index in [0.717, 1.165) is 36.0 Å². The van der Waals surface area contributed by atoms with Crippen LogP contribution in [-0.4, -0.2) is 56.4 Å². The van der Waals surface area contributed by atoms with Gasteiger partial charge in [0.05, 0.1) is 5.56 Å². The van der Waals surface area contributed by atoms with Gasteiger partial charge >= 0.3 is 0 Å². The van der Waals surface area contributed by atoms with Crippen molar-refractivity contribution in [2.24, 2.45) is 0 Å². The van der Waals surface area contributed by atoms with Crippen molar-refractivity contribution in [3.05, 3.63) is 88.9 Å². The third-order valence-electron chi connectivity index (χ3n) is 5.57. The Bertz CT molecular complexity index is 1200. The summed E-state index contributed by atoms with van der Waals surface area (Å²) >= 11 is 7.93. The number of aromatic nitrogens is 3. The van der Waals surface area contributed by atoms with E-state index in [1.807, 2.05) is 46.0 Å². The van der Waals surface area contributed by atoms with Crippen molar-refractivity contribution in [3.63, 3.8) is 0 Å². The summed E-state index contributed by atoms with van der Waals surface area (Å²) < 4.78 is 1.81. The topological polar surface area (TPSA) is 54.3 Å². The van der Waals surface area contributed by atoms with Crippen LogP contribution < -0.4 is 0 Å². The second-order valence-electron chi connectivity index (χ2n) is 7.72. The molecule has 1 aliphatic heterocycles. The molecule has 0 radical (unpaired) electrons. The smallest absolute Gasteiger partial charge is 0.255 e. The molecule has 0 aliphatic carbocycles. The van der Waals surface area contributed by atoms with E-state index in [4.69, 9.17) is 11.6 Å². The number of carbonyl (C=O) groups excluding carboxylic acids is 1. The third kappa shape index (κ3) is 4.60. The van der Waals surface area contributed by atoms with E-state index in [-0.39, 0.29) is 5.91 Å². The minimum Gasteiger partial charge on any atom is -0.336 e. The highest BCUT2D eigenvalue weighted by molar-refractivity contribution is 7.15. The Kier molecular flexibility index (Phi) is 6.03. The van der Waals surface area contributed by atoms with Crippen molar-refractivity contribution in [2.45, 2.75) is 6.54 Å². The number of rotatable bonds is 5. The van der Waals surface area contributed by atoms with Crippen molar-refractivity contribution >= 4 is 28.8 Å². The van der Waals surface area contributed by atoms with Gasteiger partial charge in [0.25, 0.3) is 5.91 Å². The number of nitrogens with zero attached hydrogens (tertiary/aromatic N) is 5. The standard InChI is InChI=1S/C24H22ClN5OS/c25-20-3-1-2-18(14-20)22-6-5-21(32-22)16-28-10-12-29(13-11-28)24(31)19-4-7-23(27-15-19)30-9-8-26-17-30/h1-9,14-15,17H,10-13,16H2. The van der Waals surface area contributed by atoms with Gasteiger partial charge in [-0.2, -0.15) is 0 Å². The van der Waals surface area contributed by atoms with E-state index in [1.165, 1.54) is 9.75 Å². The molecule has 5 rings (SSSR count). The van der Waals surface area contributed by atoms with Gasteiger partial charge < -0.3 is 4.90 Å². The number of imidazole rings is 1. The number of carbonyl (C=O) groups is 1. The molecule has 1 aliphatic rings. The Balaban J connectivity index is 1.16. The summed E-state index contributed by atoms with van der Waals surface area (Å²) in [5.74, 6) is 0.783. The maximum Gasteiger partial charge on any atom is 0.255 e. The molecule has 0 unspecified atom stereocenters. The van der Waals surface area contributed by atoms with Crippen LogP contribution >= 0.6 is 22.9 Å². The lowest BCUT2D eigenvalue weighted by Gasteiger charge is -2.34. The first-order valence-corrected chi connectivity index (χ1v) is 11.7. The van der Waals surface area contributed by atoms with Gasteiger partial charge in [0, 0.05) is 66.1 Å². The fraction of sp³-hybridized carbons (Fsp3) is 0.208. The lowest BCUT2D eigenvalue weighted by Crippen LogP contribution is -2.48. The molecule has 3 aromatic heterocycles. The summed E-state index contributed by atoms with van der Waals surface area (Å²) in [6.07, 6.45) is 6.87. The normalized spacial score (nSPS) is 14.6. The van der Waals surface area contributed by atoms with E-state index in [0.29, 0.717) is 18.7 Å². The Hall–Kier alpha value is -3.00. The van der Waals surface area contributed by atoms with Crippen LogP contribution in [0.3, 0.4) is 0 Å². The summed E-state index contributed by atoms with van der Waals surface area (Å²) in [5.41, 5.74) is 1.77. The maximum atomic E-state index is 12.9. The highest BCUT2D eigenvalue weighted by Crippen LogP contribution is 2.30. The molecule has 1 aromatic carbocycles. The van der Waals surface area contributed by atoms with Gasteiger partial charge in [0.15, 0.2) is 0 Å². The number of benzene rings is 1. The van der Waals surface area contributed by atoms with Crippen molar-refractivity contribution in [1.82, 2.24) is 24.3 Å². The summed E-state index contributed by atoms with van der Waals surface area (Å²) in [6.45, 7) is 4.05. The molecule has 6 nitrogen and oxygen atoms in total. The molecule has 8 heteroatoms. The number of hydrogen-bond donors (Lipinski definition) is 0. The van der Waals surface area contributed by atoms with Crippen molar-refractivity contribution < 1.29 is 4.79 Å². The second-order valence-corrected chi connectivity index (χ2v) is 9.32. The van der Waals surface area contributed by atoms with Crippen molar-refractivity contribution in [3.8, 4) is 16.3 Å². The second kappa shape index (κ2) is 9.24. The monoisotopic (exact) mass is 463 g/mol. The van der Waals surface area contributed by atoms with Gasteiger partial charge in [-0.3, -0.25) is 14.3 Å². The van der Waals surface area contributed by atoms with E-state index in [2.05, 4.69) is 33.1 Å². The molecule has 1 saturated heterocycles. The van der Waals surface area contributed by atoms with Crippen LogP contribution in [0.4, 0.5) is 0 Å². The quantitative estimate of drug-likeness (QED) is 0.434. The first-order chi connectivity index (χ1) is 15.7. The lowest BCUT2D eigenvalue weighted by molar-refractivity contribution is 0.0629. The number of pyridine rings is 1. The van der Waals surface area contributed by atoms with Crippen molar-refractivity contribution in [1.29, 1.82) is 0 Å². The molecular weight excluding hydrogens is 442 g/mol. The van der Waals surface area contributed by atoms with Crippen LogP contribution in [0.2, 0.25) is 5.02 Å². The molecule has 0 bridgehead atoms. The van der Waals surface area contributed by atoms with Crippen LogP contribution in [0.15, 0.2) is 73.4 Å². The third-order valence-corrected chi connectivity index (χ3v) is 6.93. The van der Waals surface area contributed by atoms with Crippen LogP contribution in [0.5, 0.6) is 0 Å². The van der Waals surface area contributed by atoms with Gasteiger partial charge in [-0.1, -0.05) is 23.7 Å². The molecule has 162 valence electrons. The number of hydrogen-bond acceptors (Lipinski definition) is 5. The molecule has 0 spiro atoms. The summed E-state index contributed by atoms with van der Waals surface area (Å²) in [6, 6.07) is 16.0. The van der Waals surface area contributed by atoms with Crippen molar-refractivity contribution in [2.75, 3.05) is 26.2 Å². The molecule has 4 aromatic rings. The Morgan fingerprint density at radius 1 is 1.06 bits per heavy atom. The van der Waals surface area contributed by atoms with Crippen LogP contribution in [0.25, 0.3) is 16.3 Å². The molecular formula is C24H22ClN5OS.